The molecule has 0 heterocycles. The van der Waals surface area contributed by atoms with Crippen molar-refractivity contribution in [2.24, 2.45) is 5.92 Å². The van der Waals surface area contributed by atoms with Gasteiger partial charge in [-0.1, -0.05) is 34.8 Å². The Labute approximate surface area is 213 Å². The maximum atomic E-state index is 13.0. The van der Waals surface area contributed by atoms with Crippen molar-refractivity contribution >= 4 is 75.5 Å². The van der Waals surface area contributed by atoms with Crippen molar-refractivity contribution in [3.8, 4) is 0 Å². The Morgan fingerprint density at radius 1 is 1.00 bits per heavy atom. The normalized spacial score (nSPS) is 22.9. The third kappa shape index (κ3) is 4.92. The highest BCUT2D eigenvalue weighted by Gasteiger charge is 2.67. The quantitative estimate of drug-likeness (QED) is 0.390. The van der Waals surface area contributed by atoms with Crippen LogP contribution in [0.4, 0.5) is 14.5 Å². The van der Waals surface area contributed by atoms with Gasteiger partial charge in [0.2, 0.25) is 5.91 Å². The number of nitrogens with one attached hydrogen (secondary N) is 2. The molecule has 2 amide bonds. The van der Waals surface area contributed by atoms with Crippen molar-refractivity contribution in [3.05, 3.63) is 62.1 Å². The van der Waals surface area contributed by atoms with Crippen LogP contribution in [0.1, 0.15) is 40.2 Å². The first-order chi connectivity index (χ1) is 15.3. The van der Waals surface area contributed by atoms with E-state index in [1.54, 1.807) is 19.1 Å². The molecule has 2 aliphatic carbocycles. The van der Waals surface area contributed by atoms with Crippen molar-refractivity contribution in [2.45, 2.75) is 42.0 Å². The number of halogens is 7. The van der Waals surface area contributed by atoms with E-state index in [9.17, 15) is 18.4 Å². The van der Waals surface area contributed by atoms with E-state index in [1.807, 2.05) is 0 Å². The molecule has 0 aliphatic heterocycles. The van der Waals surface area contributed by atoms with Gasteiger partial charge in [0, 0.05) is 40.5 Å². The van der Waals surface area contributed by atoms with Crippen LogP contribution in [0.15, 0.2) is 30.3 Å². The Morgan fingerprint density at radius 2 is 1.61 bits per heavy atom. The second-order valence-corrected chi connectivity index (χ2v) is 11.0. The average Bonchev–Trinajstić information content (AvgIpc) is 3.27. The summed E-state index contributed by atoms with van der Waals surface area (Å²) in [5.41, 5.74) is 1.67. The molecule has 2 aromatic carbocycles. The van der Waals surface area contributed by atoms with Crippen LogP contribution < -0.4 is 10.6 Å². The molecule has 33 heavy (non-hydrogen) atoms. The zero-order valence-corrected chi connectivity index (χ0v) is 20.8. The van der Waals surface area contributed by atoms with E-state index < -0.39 is 52.8 Å². The van der Waals surface area contributed by atoms with Crippen molar-refractivity contribution in [2.75, 3.05) is 5.32 Å². The van der Waals surface area contributed by atoms with Gasteiger partial charge >= 0.3 is 0 Å². The summed E-state index contributed by atoms with van der Waals surface area (Å²) >= 11 is 31.3. The summed E-state index contributed by atoms with van der Waals surface area (Å²) in [7, 11) is 0. The summed E-state index contributed by atoms with van der Waals surface area (Å²) in [6.07, 6.45) is -0.840. The molecule has 0 spiro atoms. The molecule has 2 aromatic rings. The van der Waals surface area contributed by atoms with E-state index in [4.69, 9.17) is 58.0 Å². The highest BCUT2D eigenvalue weighted by atomic mass is 35.5. The van der Waals surface area contributed by atoms with E-state index in [0.717, 1.165) is 0 Å². The van der Waals surface area contributed by atoms with E-state index in [-0.39, 0.29) is 16.3 Å². The standard InChI is InChI=1S/C22H17Cl5F2N2O2/c1-9-15(24)4-10(5-16(9)25)17-18(22(17,26)27)20(33)30-11-2-3-14(23)13(6-11)19(32)31-12-7-21(28,29)8-12/h2-6,12,17-18H,7-8H2,1H3,(H,30,33)(H,31,32)/t17-,18+/m1/s1. The highest BCUT2D eigenvalue weighted by molar-refractivity contribution is 6.53. The fourth-order valence-corrected chi connectivity index (χ4v) is 5.47. The Hall–Kier alpha value is -1.31. The third-order valence-electron chi connectivity index (χ3n) is 5.90. The maximum absolute atomic E-state index is 13.0. The topological polar surface area (TPSA) is 58.2 Å². The fourth-order valence-electron chi connectivity index (χ4n) is 3.94. The van der Waals surface area contributed by atoms with Crippen molar-refractivity contribution in [1.29, 1.82) is 0 Å². The summed E-state index contributed by atoms with van der Waals surface area (Å²) < 4.78 is 24.7. The molecule has 0 radical (unpaired) electrons. The number of carbonyl (C=O) groups excluding carboxylic acids is 2. The second kappa shape index (κ2) is 8.72. The molecule has 11 heteroatoms. The lowest BCUT2D eigenvalue weighted by Crippen LogP contribution is -2.50. The molecule has 4 rings (SSSR count). The van der Waals surface area contributed by atoms with Gasteiger partial charge in [-0.2, -0.15) is 0 Å². The molecular weight excluding hydrogens is 540 g/mol. The minimum Gasteiger partial charge on any atom is -0.349 e. The molecule has 4 nitrogen and oxygen atoms in total. The molecule has 2 fully saturated rings. The van der Waals surface area contributed by atoms with Gasteiger partial charge in [-0.25, -0.2) is 8.78 Å². The molecule has 0 saturated heterocycles. The Bertz CT molecular complexity index is 1130. The van der Waals surface area contributed by atoms with E-state index >= 15 is 0 Å². The minimum atomic E-state index is -2.76. The van der Waals surface area contributed by atoms with Gasteiger partial charge in [0.1, 0.15) is 4.33 Å². The van der Waals surface area contributed by atoms with Crippen molar-refractivity contribution in [3.63, 3.8) is 0 Å². The molecule has 0 unspecified atom stereocenters. The summed E-state index contributed by atoms with van der Waals surface area (Å²) in [6.45, 7) is 1.77. The Morgan fingerprint density at radius 3 is 2.18 bits per heavy atom. The highest BCUT2D eigenvalue weighted by Crippen LogP contribution is 2.65. The summed E-state index contributed by atoms with van der Waals surface area (Å²) in [6, 6.07) is 7.03. The fraction of sp³-hybridized carbons (Fsp3) is 0.364. The lowest BCUT2D eigenvalue weighted by Gasteiger charge is -2.35. The average molecular weight is 557 g/mol. The number of hydrogen-bond donors (Lipinski definition) is 2. The summed E-state index contributed by atoms with van der Waals surface area (Å²) in [5, 5.41) is 6.19. The van der Waals surface area contributed by atoms with Gasteiger partial charge in [0.15, 0.2) is 0 Å². The second-order valence-electron chi connectivity index (χ2n) is 8.36. The Kier molecular flexibility index (Phi) is 6.56. The predicted octanol–water partition coefficient (Wildman–Crippen LogP) is 7.01. The number of benzene rings is 2. The third-order valence-corrected chi connectivity index (χ3v) is 7.96. The lowest BCUT2D eigenvalue weighted by atomic mass is 9.88. The molecule has 2 atom stereocenters. The summed E-state index contributed by atoms with van der Waals surface area (Å²) in [5.74, 6) is -5.16. The van der Waals surface area contributed by atoms with Crippen LogP contribution in [0, 0.1) is 12.8 Å². The van der Waals surface area contributed by atoms with Crippen LogP contribution in [0.25, 0.3) is 0 Å². The largest absolute Gasteiger partial charge is 0.349 e. The zero-order valence-electron chi connectivity index (χ0n) is 17.0. The molecule has 176 valence electrons. The van der Waals surface area contributed by atoms with Gasteiger partial charge < -0.3 is 10.6 Å². The van der Waals surface area contributed by atoms with Gasteiger partial charge in [0.25, 0.3) is 11.8 Å². The predicted molar refractivity (Wildman–Crippen MR) is 127 cm³/mol. The van der Waals surface area contributed by atoms with Crippen molar-refractivity contribution in [1.82, 2.24) is 5.32 Å². The van der Waals surface area contributed by atoms with Gasteiger partial charge in [-0.3, -0.25) is 9.59 Å². The molecular formula is C22H17Cl5F2N2O2. The van der Waals surface area contributed by atoms with Gasteiger partial charge in [0.05, 0.1) is 16.5 Å². The maximum Gasteiger partial charge on any atom is 0.253 e. The summed E-state index contributed by atoms with van der Waals surface area (Å²) in [4.78, 5) is 25.4. The first-order valence-corrected chi connectivity index (χ1v) is 11.8. The minimum absolute atomic E-state index is 0.0529. The van der Waals surface area contributed by atoms with Crippen LogP contribution in [0.2, 0.25) is 15.1 Å². The van der Waals surface area contributed by atoms with Gasteiger partial charge in [-0.15, -0.1) is 23.2 Å². The number of rotatable bonds is 5. The van der Waals surface area contributed by atoms with Crippen LogP contribution in [-0.4, -0.2) is 28.1 Å². The SMILES string of the molecule is Cc1c(Cl)cc([C@@H]2[C@@H](C(=O)Nc3ccc(Cl)c(C(=O)NC4CC(F)(F)C4)c3)C2(Cl)Cl)cc1Cl. The molecule has 2 N–H and O–H groups in total. The number of amides is 2. The van der Waals surface area contributed by atoms with Crippen LogP contribution >= 0.6 is 58.0 Å². The molecule has 2 aliphatic rings. The number of hydrogen-bond acceptors (Lipinski definition) is 2. The number of alkyl halides is 4. The Balaban J connectivity index is 1.47. The molecule has 0 aromatic heterocycles. The number of anilines is 1. The zero-order chi connectivity index (χ0) is 24.3. The lowest BCUT2D eigenvalue weighted by molar-refractivity contribution is -0.117. The van der Waals surface area contributed by atoms with E-state index in [1.165, 1.54) is 18.2 Å². The van der Waals surface area contributed by atoms with Crippen LogP contribution in [0.5, 0.6) is 0 Å². The first kappa shape index (κ1) is 24.8. The van der Waals surface area contributed by atoms with Crippen molar-refractivity contribution < 1.29 is 18.4 Å². The smallest absolute Gasteiger partial charge is 0.253 e. The van der Waals surface area contributed by atoms with Crippen LogP contribution in [0.3, 0.4) is 0 Å². The van der Waals surface area contributed by atoms with Crippen LogP contribution in [-0.2, 0) is 4.79 Å². The van der Waals surface area contributed by atoms with E-state index in [2.05, 4.69) is 10.6 Å². The molecule has 2 saturated carbocycles. The first-order valence-electron chi connectivity index (χ1n) is 9.92. The monoisotopic (exact) mass is 554 g/mol. The van der Waals surface area contributed by atoms with E-state index in [0.29, 0.717) is 21.2 Å². The molecule has 0 bridgehead atoms. The van der Waals surface area contributed by atoms with Gasteiger partial charge in [-0.05, 0) is 48.4 Å². The number of carbonyl (C=O) groups is 2.